The number of carbonyl (C=O) groups excluding carboxylic acids is 1. The van der Waals surface area contributed by atoms with Crippen LogP contribution in [0.25, 0.3) is 0 Å². The van der Waals surface area contributed by atoms with Gasteiger partial charge in [0.25, 0.3) is 5.91 Å². The Morgan fingerprint density at radius 1 is 1.30 bits per heavy atom. The quantitative estimate of drug-likeness (QED) is 0.723. The van der Waals surface area contributed by atoms with Gasteiger partial charge < -0.3 is 14.2 Å². The van der Waals surface area contributed by atoms with Gasteiger partial charge in [0.2, 0.25) is 5.89 Å². The molecule has 0 atom stereocenters. The first kappa shape index (κ1) is 19.5. The molecule has 0 spiro atoms. The molecule has 0 aliphatic carbocycles. The Morgan fingerprint density at radius 2 is 2.15 bits per heavy atom. The highest BCUT2D eigenvalue weighted by atomic mass is 16.5. The molecule has 0 N–H and O–H groups in total. The topological polar surface area (TPSA) is 89.5 Å². The number of methoxy groups -OCH3 is 1. The van der Waals surface area contributed by atoms with Gasteiger partial charge >= 0.3 is 0 Å². The molecule has 2 aromatic rings. The van der Waals surface area contributed by atoms with Crippen molar-refractivity contribution in [2.75, 3.05) is 33.3 Å². The van der Waals surface area contributed by atoms with E-state index in [0.717, 1.165) is 44.7 Å². The minimum atomic E-state index is 0.0666. The summed E-state index contributed by atoms with van der Waals surface area (Å²) in [7, 11) is 1.60. The van der Waals surface area contributed by atoms with Crippen molar-refractivity contribution in [1.29, 1.82) is 0 Å². The average Bonchev–Trinajstić information content (AvgIpc) is 3.15. The number of carbonyl (C=O) groups is 1. The Hall–Kier alpha value is -2.26. The Morgan fingerprint density at radius 3 is 2.93 bits per heavy atom. The van der Waals surface area contributed by atoms with E-state index in [1.54, 1.807) is 7.11 Å². The smallest absolute Gasteiger partial charge is 0.257 e. The van der Waals surface area contributed by atoms with E-state index in [1.165, 1.54) is 0 Å². The maximum atomic E-state index is 12.9. The van der Waals surface area contributed by atoms with Crippen molar-refractivity contribution in [3.63, 3.8) is 0 Å². The van der Waals surface area contributed by atoms with Crippen LogP contribution in [0.5, 0.6) is 0 Å². The molecule has 1 fully saturated rings. The molecule has 27 heavy (non-hydrogen) atoms. The largest absolute Gasteiger partial charge is 0.377 e. The number of aromatic nitrogens is 4. The average molecular weight is 376 g/mol. The zero-order valence-electron chi connectivity index (χ0n) is 16.3. The first-order valence-corrected chi connectivity index (χ1v) is 9.46. The highest BCUT2D eigenvalue weighted by molar-refractivity contribution is 5.95. The molecule has 9 nitrogen and oxygen atoms in total. The Bertz CT molecular complexity index is 756. The maximum absolute atomic E-state index is 12.9. The van der Waals surface area contributed by atoms with E-state index in [9.17, 15) is 4.79 Å². The predicted molar refractivity (Wildman–Crippen MR) is 98.1 cm³/mol. The molecule has 148 valence electrons. The zero-order valence-corrected chi connectivity index (χ0v) is 16.3. The Labute approximate surface area is 159 Å². The minimum absolute atomic E-state index is 0.0666. The van der Waals surface area contributed by atoms with Crippen LogP contribution < -0.4 is 0 Å². The van der Waals surface area contributed by atoms with Gasteiger partial charge in [0, 0.05) is 46.0 Å². The first-order valence-electron chi connectivity index (χ1n) is 9.46. The van der Waals surface area contributed by atoms with E-state index in [1.807, 2.05) is 22.7 Å². The number of hydrogen-bond acceptors (Lipinski definition) is 7. The third-order valence-corrected chi connectivity index (χ3v) is 4.65. The third-order valence-electron chi connectivity index (χ3n) is 4.65. The molecule has 2 aromatic heterocycles. The minimum Gasteiger partial charge on any atom is -0.377 e. The monoisotopic (exact) mass is 376 g/mol. The van der Waals surface area contributed by atoms with Crippen LogP contribution in [0.1, 0.15) is 47.5 Å². The van der Waals surface area contributed by atoms with Gasteiger partial charge in [-0.3, -0.25) is 14.4 Å². The molecule has 1 saturated heterocycles. The van der Waals surface area contributed by atoms with E-state index in [-0.39, 0.29) is 5.91 Å². The molecule has 1 aliphatic rings. The molecule has 0 saturated carbocycles. The number of ether oxygens (including phenoxy) is 1. The lowest BCUT2D eigenvalue weighted by molar-refractivity contribution is 0.0759. The molecule has 3 heterocycles. The first-order chi connectivity index (χ1) is 13.1. The fraction of sp³-hybridized carbons (Fsp3) is 0.667. The van der Waals surface area contributed by atoms with Crippen LogP contribution >= 0.6 is 0 Å². The summed E-state index contributed by atoms with van der Waals surface area (Å²) in [4.78, 5) is 21.4. The van der Waals surface area contributed by atoms with Gasteiger partial charge in [-0.1, -0.05) is 12.1 Å². The van der Waals surface area contributed by atoms with Crippen molar-refractivity contribution in [2.24, 2.45) is 0 Å². The molecule has 1 amide bonds. The second-order valence-corrected chi connectivity index (χ2v) is 6.85. The molecule has 9 heteroatoms. The van der Waals surface area contributed by atoms with E-state index < -0.39 is 0 Å². The van der Waals surface area contributed by atoms with Crippen molar-refractivity contribution in [3.05, 3.63) is 29.2 Å². The predicted octanol–water partition coefficient (Wildman–Crippen LogP) is 1.48. The van der Waals surface area contributed by atoms with Crippen molar-refractivity contribution < 1.29 is 14.1 Å². The van der Waals surface area contributed by atoms with Crippen LogP contribution in [0.2, 0.25) is 0 Å². The van der Waals surface area contributed by atoms with Gasteiger partial charge in [-0.15, -0.1) is 0 Å². The number of nitrogens with zero attached hydrogens (tertiary/aromatic N) is 6. The summed E-state index contributed by atoms with van der Waals surface area (Å²) < 4.78 is 12.1. The molecular weight excluding hydrogens is 348 g/mol. The van der Waals surface area contributed by atoms with Crippen molar-refractivity contribution in [2.45, 2.75) is 46.4 Å². The number of rotatable bonds is 7. The normalized spacial score (nSPS) is 15.9. The fourth-order valence-electron chi connectivity index (χ4n) is 3.31. The summed E-state index contributed by atoms with van der Waals surface area (Å²) in [6.07, 6.45) is 3.78. The zero-order chi connectivity index (χ0) is 19.2. The second-order valence-electron chi connectivity index (χ2n) is 6.85. The SMILES string of the molecule is CCCn1cc(C(=O)N2CCCN(Cc3nc(COC)no3)CC2)c(C)n1. The molecule has 1 aliphatic heterocycles. The van der Waals surface area contributed by atoms with Crippen LogP contribution in [0.3, 0.4) is 0 Å². The number of amides is 1. The van der Waals surface area contributed by atoms with Gasteiger partial charge in [0.1, 0.15) is 6.61 Å². The third kappa shape index (κ3) is 4.92. The van der Waals surface area contributed by atoms with Crippen molar-refractivity contribution in [1.82, 2.24) is 29.7 Å². The van der Waals surface area contributed by atoms with Crippen LogP contribution in [0.4, 0.5) is 0 Å². The van der Waals surface area contributed by atoms with Crippen molar-refractivity contribution >= 4 is 5.91 Å². The summed E-state index contributed by atoms with van der Waals surface area (Å²) in [5, 5.41) is 8.34. The van der Waals surface area contributed by atoms with Crippen LogP contribution in [0.15, 0.2) is 10.7 Å². The lowest BCUT2D eigenvalue weighted by Crippen LogP contribution is -2.35. The molecule has 0 radical (unpaired) electrons. The Balaban J connectivity index is 1.58. The van der Waals surface area contributed by atoms with E-state index in [4.69, 9.17) is 9.26 Å². The van der Waals surface area contributed by atoms with E-state index in [2.05, 4.69) is 27.1 Å². The van der Waals surface area contributed by atoms with E-state index >= 15 is 0 Å². The van der Waals surface area contributed by atoms with Gasteiger partial charge in [0.05, 0.1) is 17.8 Å². The maximum Gasteiger partial charge on any atom is 0.257 e. The lowest BCUT2D eigenvalue weighted by atomic mass is 10.2. The molecule has 3 rings (SSSR count). The summed E-state index contributed by atoms with van der Waals surface area (Å²) in [6.45, 7) is 8.85. The summed E-state index contributed by atoms with van der Waals surface area (Å²) >= 11 is 0. The van der Waals surface area contributed by atoms with Gasteiger partial charge in [-0.2, -0.15) is 10.1 Å². The highest BCUT2D eigenvalue weighted by Gasteiger charge is 2.24. The molecular formula is C18H28N6O3. The van der Waals surface area contributed by atoms with Crippen LogP contribution in [-0.2, 0) is 24.4 Å². The summed E-state index contributed by atoms with van der Waals surface area (Å²) in [6, 6.07) is 0. The van der Waals surface area contributed by atoms with Gasteiger partial charge in [-0.25, -0.2) is 0 Å². The van der Waals surface area contributed by atoms with Crippen molar-refractivity contribution in [3.8, 4) is 0 Å². The summed E-state index contributed by atoms with van der Waals surface area (Å²) in [5.74, 6) is 1.20. The molecule has 0 aromatic carbocycles. The number of aryl methyl sites for hydroxylation is 2. The second kappa shape index (κ2) is 9.09. The van der Waals surface area contributed by atoms with Crippen LogP contribution in [0, 0.1) is 6.92 Å². The Kier molecular flexibility index (Phi) is 6.57. The molecule has 0 bridgehead atoms. The molecule has 0 unspecified atom stereocenters. The van der Waals surface area contributed by atoms with E-state index in [0.29, 0.717) is 37.0 Å². The lowest BCUT2D eigenvalue weighted by Gasteiger charge is -2.21. The fourth-order valence-corrected chi connectivity index (χ4v) is 3.31. The standard InChI is InChI=1S/C18H28N6O3/c1-4-6-24-11-15(14(2)20-24)18(25)23-8-5-7-22(9-10-23)12-17-19-16(13-26-3)21-27-17/h11H,4-10,12-13H2,1-3H3. The van der Waals surface area contributed by atoms with Crippen LogP contribution in [-0.4, -0.2) is 68.9 Å². The van der Waals surface area contributed by atoms with Gasteiger partial charge in [-0.05, 0) is 19.8 Å². The van der Waals surface area contributed by atoms with Gasteiger partial charge in [0.15, 0.2) is 5.82 Å². The number of hydrogen-bond donors (Lipinski definition) is 0. The highest BCUT2D eigenvalue weighted by Crippen LogP contribution is 2.14. The summed E-state index contributed by atoms with van der Waals surface area (Å²) in [5.41, 5.74) is 1.50.